The molecule has 0 aliphatic carbocycles. The lowest BCUT2D eigenvalue weighted by molar-refractivity contribution is 0.441. The molecule has 1 aromatic heterocycles. The summed E-state index contributed by atoms with van der Waals surface area (Å²) in [6.07, 6.45) is 6.72. The molecular weight excluding hydrogens is 148 g/mol. The summed E-state index contributed by atoms with van der Waals surface area (Å²) < 4.78 is 5.26. The summed E-state index contributed by atoms with van der Waals surface area (Å²) in [7, 11) is 0. The van der Waals surface area contributed by atoms with E-state index in [0.717, 1.165) is 18.1 Å². The highest BCUT2D eigenvalue weighted by Crippen LogP contribution is 2.14. The van der Waals surface area contributed by atoms with Crippen LogP contribution in [0.5, 0.6) is 0 Å². The zero-order chi connectivity index (χ0) is 8.81. The predicted octanol–water partition coefficient (Wildman–Crippen LogP) is 3.65. The second-order valence-corrected chi connectivity index (χ2v) is 3.51. The van der Waals surface area contributed by atoms with Crippen LogP contribution in [0.1, 0.15) is 38.9 Å². The van der Waals surface area contributed by atoms with Crippen molar-refractivity contribution in [2.75, 3.05) is 0 Å². The first-order valence-electron chi connectivity index (χ1n) is 4.85. The molecule has 0 aliphatic rings. The molecule has 0 saturated carbocycles. The van der Waals surface area contributed by atoms with E-state index in [9.17, 15) is 0 Å². The van der Waals surface area contributed by atoms with Crippen LogP contribution in [0, 0.1) is 5.92 Å². The van der Waals surface area contributed by atoms with E-state index in [0.29, 0.717) is 0 Å². The van der Waals surface area contributed by atoms with Gasteiger partial charge in [0.1, 0.15) is 5.76 Å². The van der Waals surface area contributed by atoms with Gasteiger partial charge in [0.15, 0.2) is 0 Å². The summed E-state index contributed by atoms with van der Waals surface area (Å²) in [4.78, 5) is 0. The maximum Gasteiger partial charge on any atom is 0.103 e. The minimum Gasteiger partial charge on any atom is -0.469 e. The van der Waals surface area contributed by atoms with E-state index < -0.39 is 0 Å². The zero-order valence-electron chi connectivity index (χ0n) is 8.05. The van der Waals surface area contributed by atoms with Crippen molar-refractivity contribution in [2.45, 2.75) is 39.5 Å². The average molecular weight is 166 g/mol. The first kappa shape index (κ1) is 9.37. The Bertz CT molecular complexity index is 189. The second kappa shape index (κ2) is 5.02. The van der Waals surface area contributed by atoms with Gasteiger partial charge in [-0.25, -0.2) is 0 Å². The van der Waals surface area contributed by atoms with Gasteiger partial charge in [-0.15, -0.1) is 0 Å². The summed E-state index contributed by atoms with van der Waals surface area (Å²) in [5, 5.41) is 0. The highest BCUT2D eigenvalue weighted by molar-refractivity contribution is 4.97. The van der Waals surface area contributed by atoms with Crippen LogP contribution in [-0.4, -0.2) is 0 Å². The van der Waals surface area contributed by atoms with Gasteiger partial charge in [0, 0.05) is 6.42 Å². The zero-order valence-corrected chi connectivity index (χ0v) is 8.05. The third-order valence-electron chi connectivity index (χ3n) is 2.25. The second-order valence-electron chi connectivity index (χ2n) is 3.51. The lowest BCUT2D eigenvalue weighted by atomic mass is 10.00. The highest BCUT2D eigenvalue weighted by Gasteiger charge is 2.02. The van der Waals surface area contributed by atoms with Gasteiger partial charge in [-0.2, -0.15) is 0 Å². The van der Waals surface area contributed by atoms with Gasteiger partial charge in [0.2, 0.25) is 0 Å². The molecule has 12 heavy (non-hydrogen) atoms. The van der Waals surface area contributed by atoms with Crippen molar-refractivity contribution in [2.24, 2.45) is 5.92 Å². The number of hydrogen-bond donors (Lipinski definition) is 0. The third-order valence-corrected chi connectivity index (χ3v) is 2.25. The maximum absolute atomic E-state index is 5.26. The molecule has 0 spiro atoms. The molecule has 1 heteroatoms. The van der Waals surface area contributed by atoms with Crippen LogP contribution < -0.4 is 0 Å². The summed E-state index contributed by atoms with van der Waals surface area (Å²) >= 11 is 0. The molecular formula is C11H18O. The molecule has 1 atom stereocenters. The largest absolute Gasteiger partial charge is 0.469 e. The average Bonchev–Trinajstić information content (AvgIpc) is 2.53. The highest BCUT2D eigenvalue weighted by atomic mass is 16.3. The van der Waals surface area contributed by atoms with Crippen LogP contribution in [0.25, 0.3) is 0 Å². The fraction of sp³-hybridized carbons (Fsp3) is 0.636. The normalized spacial score (nSPS) is 13.2. The van der Waals surface area contributed by atoms with Gasteiger partial charge >= 0.3 is 0 Å². The number of aryl methyl sites for hydroxylation is 1. The Kier molecular flexibility index (Phi) is 3.92. The fourth-order valence-electron chi connectivity index (χ4n) is 1.48. The molecule has 0 radical (unpaired) electrons. The number of furan rings is 1. The lowest BCUT2D eigenvalue weighted by Crippen LogP contribution is -1.95. The molecule has 1 rings (SSSR count). The van der Waals surface area contributed by atoms with Gasteiger partial charge in [-0.05, 0) is 24.5 Å². The SMILES string of the molecule is CCCC(C)CCc1ccco1. The topological polar surface area (TPSA) is 13.1 Å². The lowest BCUT2D eigenvalue weighted by Gasteiger charge is -2.07. The van der Waals surface area contributed by atoms with Crippen LogP contribution in [0.4, 0.5) is 0 Å². The minimum atomic E-state index is 0.833. The summed E-state index contributed by atoms with van der Waals surface area (Å²) in [5.74, 6) is 1.96. The van der Waals surface area contributed by atoms with E-state index in [1.807, 2.05) is 6.07 Å². The van der Waals surface area contributed by atoms with E-state index in [2.05, 4.69) is 19.9 Å². The first-order chi connectivity index (χ1) is 5.83. The molecule has 0 amide bonds. The molecule has 0 fully saturated rings. The minimum absolute atomic E-state index is 0.833. The van der Waals surface area contributed by atoms with Gasteiger partial charge in [-0.3, -0.25) is 0 Å². The van der Waals surface area contributed by atoms with Crippen molar-refractivity contribution in [1.29, 1.82) is 0 Å². The first-order valence-corrected chi connectivity index (χ1v) is 4.85. The Balaban J connectivity index is 2.17. The van der Waals surface area contributed by atoms with Gasteiger partial charge in [-0.1, -0.05) is 26.7 Å². The smallest absolute Gasteiger partial charge is 0.103 e. The van der Waals surface area contributed by atoms with Gasteiger partial charge in [0.25, 0.3) is 0 Å². The van der Waals surface area contributed by atoms with Crippen molar-refractivity contribution in [3.63, 3.8) is 0 Å². The summed E-state index contributed by atoms with van der Waals surface area (Å²) in [5.41, 5.74) is 0. The summed E-state index contributed by atoms with van der Waals surface area (Å²) in [6.45, 7) is 4.55. The molecule has 68 valence electrons. The molecule has 1 aromatic rings. The van der Waals surface area contributed by atoms with E-state index in [1.54, 1.807) is 6.26 Å². The maximum atomic E-state index is 5.26. The van der Waals surface area contributed by atoms with Gasteiger partial charge < -0.3 is 4.42 Å². The van der Waals surface area contributed by atoms with Crippen molar-refractivity contribution in [3.8, 4) is 0 Å². The monoisotopic (exact) mass is 166 g/mol. The molecule has 1 heterocycles. The number of hydrogen-bond acceptors (Lipinski definition) is 1. The molecule has 0 saturated heterocycles. The van der Waals surface area contributed by atoms with Crippen molar-refractivity contribution < 1.29 is 4.42 Å². The van der Waals surface area contributed by atoms with E-state index >= 15 is 0 Å². The van der Waals surface area contributed by atoms with Crippen LogP contribution in [0.3, 0.4) is 0 Å². The van der Waals surface area contributed by atoms with Crippen LogP contribution in [0.15, 0.2) is 22.8 Å². The van der Waals surface area contributed by atoms with Crippen LogP contribution in [0.2, 0.25) is 0 Å². The van der Waals surface area contributed by atoms with E-state index in [4.69, 9.17) is 4.42 Å². The van der Waals surface area contributed by atoms with Gasteiger partial charge in [0.05, 0.1) is 6.26 Å². The van der Waals surface area contributed by atoms with Crippen molar-refractivity contribution in [1.82, 2.24) is 0 Å². The quantitative estimate of drug-likeness (QED) is 0.650. The molecule has 0 N–H and O–H groups in total. The molecule has 1 nitrogen and oxygen atoms in total. The van der Waals surface area contributed by atoms with Crippen molar-refractivity contribution >= 4 is 0 Å². The Labute approximate surface area is 74.8 Å². The number of rotatable bonds is 5. The van der Waals surface area contributed by atoms with Crippen LogP contribution >= 0.6 is 0 Å². The fourth-order valence-corrected chi connectivity index (χ4v) is 1.48. The molecule has 0 bridgehead atoms. The Morgan fingerprint density at radius 3 is 2.83 bits per heavy atom. The van der Waals surface area contributed by atoms with Crippen molar-refractivity contribution in [3.05, 3.63) is 24.2 Å². The Hall–Kier alpha value is -0.720. The standard InChI is InChI=1S/C11H18O/c1-3-5-10(2)7-8-11-6-4-9-12-11/h4,6,9-10H,3,5,7-8H2,1-2H3. The third kappa shape index (κ3) is 3.12. The van der Waals surface area contributed by atoms with E-state index in [-0.39, 0.29) is 0 Å². The Morgan fingerprint density at radius 2 is 2.25 bits per heavy atom. The van der Waals surface area contributed by atoms with Crippen LogP contribution in [-0.2, 0) is 6.42 Å². The molecule has 0 aromatic carbocycles. The predicted molar refractivity (Wildman–Crippen MR) is 51.1 cm³/mol. The Morgan fingerprint density at radius 1 is 1.42 bits per heavy atom. The summed E-state index contributed by atoms with van der Waals surface area (Å²) in [6, 6.07) is 4.01. The molecule has 1 unspecified atom stereocenters. The molecule has 0 aliphatic heterocycles. The van der Waals surface area contributed by atoms with E-state index in [1.165, 1.54) is 19.3 Å².